The molecule has 1 N–H and O–H groups in total. The van der Waals surface area contributed by atoms with Crippen molar-refractivity contribution in [1.29, 1.82) is 0 Å². The lowest BCUT2D eigenvalue weighted by Crippen LogP contribution is -3.10. The van der Waals surface area contributed by atoms with E-state index >= 15 is 0 Å². The van der Waals surface area contributed by atoms with E-state index in [-0.39, 0.29) is 0 Å². The fourth-order valence-corrected chi connectivity index (χ4v) is 3.78. The standard InChI is InChI=1S/C22H24ClN3O3/c1-3-27-19-11-16-9-10-26(13-17(16)12-20(19)28-4-2)14-21-24-22(25-29-21)15-5-7-18(23)8-6-15/h5-8,11-12H,3-4,9-10,13-14H2,1-2H3/p+1. The largest absolute Gasteiger partial charge is 0.490 e. The molecule has 0 fully saturated rings. The fraction of sp³-hybridized carbons (Fsp3) is 0.364. The molecular formula is C22H25ClN3O3+. The summed E-state index contributed by atoms with van der Waals surface area (Å²) in [6.07, 6.45) is 0.981. The Morgan fingerprint density at radius 1 is 1.03 bits per heavy atom. The van der Waals surface area contributed by atoms with Crippen molar-refractivity contribution in [3.8, 4) is 22.9 Å². The van der Waals surface area contributed by atoms with Crippen LogP contribution in [0.4, 0.5) is 0 Å². The zero-order valence-electron chi connectivity index (χ0n) is 16.7. The zero-order valence-corrected chi connectivity index (χ0v) is 17.5. The highest BCUT2D eigenvalue weighted by molar-refractivity contribution is 6.30. The molecule has 7 heteroatoms. The third-order valence-corrected chi connectivity index (χ3v) is 5.28. The Bertz CT molecular complexity index is 972. The van der Waals surface area contributed by atoms with E-state index in [0.29, 0.717) is 36.5 Å². The van der Waals surface area contributed by atoms with Crippen molar-refractivity contribution in [2.75, 3.05) is 19.8 Å². The highest BCUT2D eigenvalue weighted by atomic mass is 35.5. The topological polar surface area (TPSA) is 61.8 Å². The zero-order chi connectivity index (χ0) is 20.2. The average molecular weight is 415 g/mol. The molecule has 0 saturated heterocycles. The summed E-state index contributed by atoms with van der Waals surface area (Å²) in [6.45, 7) is 7.81. The normalized spacial score (nSPS) is 15.8. The lowest BCUT2D eigenvalue weighted by Gasteiger charge is -2.26. The van der Waals surface area contributed by atoms with Gasteiger partial charge in [0.1, 0.15) is 6.54 Å². The summed E-state index contributed by atoms with van der Waals surface area (Å²) in [7, 11) is 0. The van der Waals surface area contributed by atoms with Gasteiger partial charge in [-0.05, 0) is 55.8 Å². The van der Waals surface area contributed by atoms with Crippen LogP contribution in [-0.2, 0) is 19.5 Å². The second kappa shape index (κ2) is 8.84. The molecule has 2 heterocycles. The average Bonchev–Trinajstić information content (AvgIpc) is 3.18. The summed E-state index contributed by atoms with van der Waals surface area (Å²) >= 11 is 5.95. The van der Waals surface area contributed by atoms with E-state index in [1.165, 1.54) is 16.0 Å². The minimum atomic E-state index is 0.591. The maximum absolute atomic E-state index is 5.95. The SMILES string of the molecule is CCOc1cc2c(cc1OCC)C[NH+](Cc1nc(-c3ccc(Cl)cc3)no1)CC2. The summed E-state index contributed by atoms with van der Waals surface area (Å²) in [5, 5.41) is 4.81. The minimum Gasteiger partial charge on any atom is -0.490 e. The highest BCUT2D eigenvalue weighted by Gasteiger charge is 2.24. The number of nitrogens with zero attached hydrogens (tertiary/aromatic N) is 2. The molecule has 0 radical (unpaired) electrons. The van der Waals surface area contributed by atoms with Crippen LogP contribution in [0.2, 0.25) is 5.02 Å². The summed E-state index contributed by atoms with van der Waals surface area (Å²) in [6, 6.07) is 11.7. The summed E-state index contributed by atoms with van der Waals surface area (Å²) in [4.78, 5) is 5.94. The number of nitrogens with one attached hydrogen (secondary N) is 1. The van der Waals surface area contributed by atoms with E-state index in [0.717, 1.165) is 36.6 Å². The van der Waals surface area contributed by atoms with Crippen LogP contribution < -0.4 is 14.4 Å². The van der Waals surface area contributed by atoms with E-state index in [9.17, 15) is 0 Å². The number of rotatable bonds is 7. The van der Waals surface area contributed by atoms with Crippen molar-refractivity contribution in [3.05, 3.63) is 58.4 Å². The van der Waals surface area contributed by atoms with E-state index in [2.05, 4.69) is 22.3 Å². The molecule has 152 valence electrons. The minimum absolute atomic E-state index is 0.591. The number of aromatic nitrogens is 2. The quantitative estimate of drug-likeness (QED) is 0.642. The first kappa shape index (κ1) is 19.7. The number of quaternary nitrogens is 1. The molecule has 1 unspecified atom stereocenters. The van der Waals surface area contributed by atoms with Gasteiger partial charge in [-0.15, -0.1) is 0 Å². The lowest BCUT2D eigenvalue weighted by atomic mass is 9.99. The van der Waals surface area contributed by atoms with Gasteiger partial charge >= 0.3 is 0 Å². The van der Waals surface area contributed by atoms with Gasteiger partial charge in [-0.2, -0.15) is 4.98 Å². The molecule has 0 bridgehead atoms. The molecule has 3 aromatic rings. The van der Waals surface area contributed by atoms with Gasteiger partial charge in [-0.3, -0.25) is 0 Å². The molecule has 6 nitrogen and oxygen atoms in total. The van der Waals surface area contributed by atoms with Crippen LogP contribution in [0, 0.1) is 0 Å². The Kier molecular flexibility index (Phi) is 6.02. The first-order valence-electron chi connectivity index (χ1n) is 9.99. The first-order chi connectivity index (χ1) is 14.2. The van der Waals surface area contributed by atoms with Crippen LogP contribution in [-0.4, -0.2) is 29.9 Å². The van der Waals surface area contributed by atoms with Gasteiger partial charge in [0.05, 0.1) is 19.8 Å². The molecular weight excluding hydrogens is 390 g/mol. The van der Waals surface area contributed by atoms with Crippen molar-refractivity contribution in [2.45, 2.75) is 33.4 Å². The molecule has 4 rings (SSSR count). The van der Waals surface area contributed by atoms with Crippen LogP contribution in [0.5, 0.6) is 11.5 Å². The first-order valence-corrected chi connectivity index (χ1v) is 10.4. The summed E-state index contributed by atoms with van der Waals surface area (Å²) in [5.74, 6) is 2.89. The Morgan fingerprint density at radius 3 is 2.41 bits per heavy atom. The van der Waals surface area contributed by atoms with Gasteiger partial charge < -0.3 is 18.9 Å². The Labute approximate surface area is 175 Å². The third kappa shape index (κ3) is 4.54. The monoisotopic (exact) mass is 414 g/mol. The van der Waals surface area contributed by atoms with Gasteiger partial charge in [0.2, 0.25) is 5.82 Å². The van der Waals surface area contributed by atoms with Gasteiger partial charge in [-0.1, -0.05) is 16.8 Å². The van der Waals surface area contributed by atoms with Crippen LogP contribution in [0.15, 0.2) is 40.9 Å². The van der Waals surface area contributed by atoms with Gasteiger partial charge in [-0.25, -0.2) is 0 Å². The molecule has 2 aromatic carbocycles. The van der Waals surface area contributed by atoms with Gasteiger partial charge in [0.25, 0.3) is 5.89 Å². The van der Waals surface area contributed by atoms with Crippen LogP contribution in [0.3, 0.4) is 0 Å². The Balaban J connectivity index is 1.47. The van der Waals surface area contributed by atoms with Gasteiger partial charge in [0, 0.05) is 22.6 Å². The van der Waals surface area contributed by atoms with Crippen LogP contribution in [0.1, 0.15) is 30.9 Å². The molecule has 29 heavy (non-hydrogen) atoms. The van der Waals surface area contributed by atoms with E-state index in [1.807, 2.05) is 38.1 Å². The predicted molar refractivity (Wildman–Crippen MR) is 110 cm³/mol. The highest BCUT2D eigenvalue weighted by Crippen LogP contribution is 2.32. The summed E-state index contributed by atoms with van der Waals surface area (Å²) < 4.78 is 17.0. The van der Waals surface area contributed by atoms with Crippen molar-refractivity contribution in [1.82, 2.24) is 10.1 Å². The summed E-state index contributed by atoms with van der Waals surface area (Å²) in [5.41, 5.74) is 3.51. The predicted octanol–water partition coefficient (Wildman–Crippen LogP) is 3.33. The van der Waals surface area contributed by atoms with E-state index in [4.69, 9.17) is 25.6 Å². The maximum atomic E-state index is 5.95. The second-order valence-corrected chi connectivity index (χ2v) is 7.49. The molecule has 1 atom stereocenters. The van der Waals surface area contributed by atoms with E-state index in [1.54, 1.807) is 0 Å². The molecule has 0 aliphatic carbocycles. The van der Waals surface area contributed by atoms with Gasteiger partial charge in [0.15, 0.2) is 18.0 Å². The van der Waals surface area contributed by atoms with Crippen molar-refractivity contribution in [3.63, 3.8) is 0 Å². The van der Waals surface area contributed by atoms with Crippen molar-refractivity contribution in [2.24, 2.45) is 0 Å². The lowest BCUT2D eigenvalue weighted by molar-refractivity contribution is -0.930. The maximum Gasteiger partial charge on any atom is 0.282 e. The number of fused-ring (bicyclic) bond motifs is 1. The van der Waals surface area contributed by atoms with Crippen molar-refractivity contribution < 1.29 is 18.9 Å². The third-order valence-electron chi connectivity index (χ3n) is 5.03. The van der Waals surface area contributed by atoms with Crippen molar-refractivity contribution >= 4 is 11.6 Å². The molecule has 0 amide bonds. The fourth-order valence-electron chi connectivity index (χ4n) is 3.65. The molecule has 1 aliphatic heterocycles. The molecule has 1 aromatic heterocycles. The Hall–Kier alpha value is -2.57. The van der Waals surface area contributed by atoms with Crippen LogP contribution >= 0.6 is 11.6 Å². The number of hydrogen-bond donors (Lipinski definition) is 1. The molecule has 0 spiro atoms. The number of benzene rings is 2. The molecule has 0 saturated carbocycles. The smallest absolute Gasteiger partial charge is 0.282 e. The van der Waals surface area contributed by atoms with E-state index < -0.39 is 0 Å². The Morgan fingerprint density at radius 2 is 1.72 bits per heavy atom. The number of hydrogen-bond acceptors (Lipinski definition) is 5. The number of halogens is 1. The number of ether oxygens (including phenoxy) is 2. The van der Waals surface area contributed by atoms with Crippen LogP contribution in [0.25, 0.3) is 11.4 Å². The second-order valence-electron chi connectivity index (χ2n) is 7.06. The molecule has 1 aliphatic rings.